The molecule has 1 aromatic heterocycles. The summed E-state index contributed by atoms with van der Waals surface area (Å²) in [6, 6.07) is 0. The van der Waals surface area contributed by atoms with Crippen LogP contribution in [0.15, 0.2) is 15.8 Å². The van der Waals surface area contributed by atoms with Crippen molar-refractivity contribution in [3.8, 4) is 0 Å². The number of unbranched alkanes of at least 4 members (excludes halogenated alkanes) is 14. The number of rotatable bonds is 18. The van der Waals surface area contributed by atoms with E-state index >= 15 is 0 Å². The number of ether oxygens (including phenoxy) is 1. The highest BCUT2D eigenvalue weighted by molar-refractivity contribution is 5.69. The Kier molecular flexibility index (Phi) is 14.7. The van der Waals surface area contributed by atoms with Gasteiger partial charge in [0.05, 0.1) is 6.20 Å². The van der Waals surface area contributed by atoms with E-state index in [1.165, 1.54) is 77.0 Å². The van der Waals surface area contributed by atoms with Crippen molar-refractivity contribution in [1.82, 2.24) is 9.55 Å². The minimum Gasteiger partial charge on any atom is -0.444 e. The Morgan fingerprint density at radius 2 is 1.33 bits per heavy atom. The molecule has 172 valence electrons. The SMILES string of the molecule is CCCCCCCCCCCCCCCCCC(=O)OCn1cc(F)c(=O)[nH]c1=O. The van der Waals surface area contributed by atoms with Crippen LogP contribution >= 0.6 is 0 Å². The Hall–Kier alpha value is -1.92. The first kappa shape index (κ1) is 26.1. The van der Waals surface area contributed by atoms with E-state index in [2.05, 4.69) is 6.92 Å². The van der Waals surface area contributed by atoms with Gasteiger partial charge < -0.3 is 4.74 Å². The van der Waals surface area contributed by atoms with E-state index in [1.54, 1.807) is 0 Å². The summed E-state index contributed by atoms with van der Waals surface area (Å²) in [5.41, 5.74) is -1.89. The van der Waals surface area contributed by atoms with Crippen LogP contribution in [0.4, 0.5) is 4.39 Å². The molecule has 0 fully saturated rings. The summed E-state index contributed by atoms with van der Waals surface area (Å²) in [6.45, 7) is 1.85. The predicted octanol–water partition coefficient (Wildman–Crippen LogP) is 5.44. The van der Waals surface area contributed by atoms with E-state index in [0.717, 1.165) is 30.0 Å². The molecule has 0 saturated carbocycles. The number of carbonyl (C=O) groups is 1. The summed E-state index contributed by atoms with van der Waals surface area (Å²) in [5.74, 6) is -1.52. The smallest absolute Gasteiger partial charge is 0.331 e. The zero-order valence-corrected chi connectivity index (χ0v) is 18.6. The van der Waals surface area contributed by atoms with Crippen LogP contribution in [0.1, 0.15) is 110 Å². The molecule has 1 N–H and O–H groups in total. The summed E-state index contributed by atoms with van der Waals surface area (Å²) in [7, 11) is 0. The highest BCUT2D eigenvalue weighted by Crippen LogP contribution is 2.13. The average molecular weight is 427 g/mol. The molecule has 0 radical (unpaired) electrons. The van der Waals surface area contributed by atoms with Gasteiger partial charge in [-0.1, -0.05) is 96.8 Å². The maximum atomic E-state index is 13.1. The van der Waals surface area contributed by atoms with Gasteiger partial charge in [-0.05, 0) is 6.42 Å². The quantitative estimate of drug-likeness (QED) is 0.250. The third-order valence-electron chi connectivity index (χ3n) is 5.32. The summed E-state index contributed by atoms with van der Waals surface area (Å²) in [4.78, 5) is 35.9. The minimum atomic E-state index is -1.09. The van der Waals surface area contributed by atoms with Gasteiger partial charge in [0, 0.05) is 6.42 Å². The van der Waals surface area contributed by atoms with Gasteiger partial charge in [0.1, 0.15) is 0 Å². The summed E-state index contributed by atoms with van der Waals surface area (Å²) < 4.78 is 18.9. The minimum absolute atomic E-state index is 0.277. The normalized spacial score (nSPS) is 11.0. The number of nitrogens with one attached hydrogen (secondary N) is 1. The Balaban J connectivity index is 1.91. The summed E-state index contributed by atoms with van der Waals surface area (Å²) in [6.07, 6.45) is 19.9. The average Bonchev–Trinajstić information content (AvgIpc) is 2.72. The number of esters is 1. The fourth-order valence-electron chi connectivity index (χ4n) is 3.43. The maximum Gasteiger partial charge on any atom is 0.331 e. The van der Waals surface area contributed by atoms with Crippen LogP contribution in [0.2, 0.25) is 0 Å². The lowest BCUT2D eigenvalue weighted by atomic mass is 10.0. The van der Waals surface area contributed by atoms with Gasteiger partial charge in [-0.25, -0.2) is 4.79 Å². The monoisotopic (exact) mass is 426 g/mol. The first-order valence-corrected chi connectivity index (χ1v) is 11.7. The second kappa shape index (κ2) is 16.8. The fraction of sp³-hybridized carbons (Fsp3) is 0.783. The van der Waals surface area contributed by atoms with Crippen molar-refractivity contribution in [2.24, 2.45) is 0 Å². The van der Waals surface area contributed by atoms with Crippen LogP contribution in [0.3, 0.4) is 0 Å². The molecule has 0 atom stereocenters. The van der Waals surface area contributed by atoms with Crippen LogP contribution in [0.25, 0.3) is 0 Å². The first-order valence-electron chi connectivity index (χ1n) is 11.7. The number of aromatic amines is 1. The molecule has 1 aromatic rings. The van der Waals surface area contributed by atoms with E-state index in [0.29, 0.717) is 0 Å². The number of halogens is 1. The van der Waals surface area contributed by atoms with Crippen molar-refractivity contribution in [3.05, 3.63) is 32.9 Å². The van der Waals surface area contributed by atoms with Gasteiger partial charge in [0.2, 0.25) is 5.82 Å². The highest BCUT2D eigenvalue weighted by Gasteiger charge is 2.07. The number of carbonyl (C=O) groups excluding carboxylic acids is 1. The van der Waals surface area contributed by atoms with Crippen LogP contribution in [-0.4, -0.2) is 15.5 Å². The van der Waals surface area contributed by atoms with E-state index in [4.69, 9.17) is 4.74 Å². The zero-order valence-electron chi connectivity index (χ0n) is 18.6. The van der Waals surface area contributed by atoms with Gasteiger partial charge in [0.25, 0.3) is 5.56 Å². The number of aromatic nitrogens is 2. The zero-order chi connectivity index (χ0) is 22.0. The molecule has 0 bridgehead atoms. The lowest BCUT2D eigenvalue weighted by molar-refractivity contribution is -0.147. The molecule has 0 unspecified atom stereocenters. The topological polar surface area (TPSA) is 81.2 Å². The van der Waals surface area contributed by atoms with E-state index in [-0.39, 0.29) is 6.42 Å². The maximum absolute atomic E-state index is 13.1. The number of hydrogen-bond donors (Lipinski definition) is 1. The first-order chi connectivity index (χ1) is 14.5. The molecular weight excluding hydrogens is 387 g/mol. The lowest BCUT2D eigenvalue weighted by Gasteiger charge is -2.07. The molecule has 0 aliphatic carbocycles. The molecule has 0 amide bonds. The second-order valence-electron chi connectivity index (χ2n) is 8.05. The van der Waals surface area contributed by atoms with Crippen molar-refractivity contribution in [2.45, 2.75) is 116 Å². The molecule has 7 heteroatoms. The van der Waals surface area contributed by atoms with Crippen LogP contribution in [0, 0.1) is 5.82 Å². The second-order valence-corrected chi connectivity index (χ2v) is 8.05. The van der Waals surface area contributed by atoms with Gasteiger partial charge in [-0.2, -0.15) is 4.39 Å². The van der Waals surface area contributed by atoms with E-state index in [9.17, 15) is 18.8 Å². The predicted molar refractivity (Wildman–Crippen MR) is 117 cm³/mol. The molecule has 0 aromatic carbocycles. The molecule has 6 nitrogen and oxygen atoms in total. The molecule has 0 aliphatic rings. The Morgan fingerprint density at radius 3 is 1.83 bits per heavy atom. The van der Waals surface area contributed by atoms with Gasteiger partial charge >= 0.3 is 11.7 Å². The van der Waals surface area contributed by atoms with Crippen molar-refractivity contribution >= 4 is 5.97 Å². The Labute approximate surface area is 179 Å². The highest BCUT2D eigenvalue weighted by atomic mass is 19.1. The number of nitrogens with zero attached hydrogens (tertiary/aromatic N) is 1. The summed E-state index contributed by atoms with van der Waals surface area (Å²) >= 11 is 0. The van der Waals surface area contributed by atoms with Gasteiger partial charge in [-0.3, -0.25) is 19.1 Å². The summed E-state index contributed by atoms with van der Waals surface area (Å²) in [5, 5.41) is 0. The molecule has 1 rings (SSSR count). The molecule has 0 spiro atoms. The van der Waals surface area contributed by atoms with E-state index < -0.39 is 29.8 Å². The Morgan fingerprint density at radius 1 is 0.867 bits per heavy atom. The van der Waals surface area contributed by atoms with Crippen LogP contribution in [0.5, 0.6) is 0 Å². The standard InChI is InChI=1S/C23H39FN2O4/c1-2-3-4-5-6-7-8-9-10-11-12-13-14-15-16-17-21(27)30-19-26-18-20(24)22(28)25-23(26)29/h18H,2-17,19H2,1H3,(H,25,28,29). The third kappa shape index (κ3) is 12.6. The number of H-pyrrole nitrogens is 1. The molecular formula is C23H39FN2O4. The number of hydrogen-bond acceptors (Lipinski definition) is 4. The largest absolute Gasteiger partial charge is 0.444 e. The fourth-order valence-corrected chi connectivity index (χ4v) is 3.43. The third-order valence-corrected chi connectivity index (χ3v) is 5.32. The van der Waals surface area contributed by atoms with Crippen molar-refractivity contribution in [1.29, 1.82) is 0 Å². The van der Waals surface area contributed by atoms with Crippen molar-refractivity contribution in [3.63, 3.8) is 0 Å². The Bertz CT molecular complexity index is 699. The molecule has 0 saturated heterocycles. The van der Waals surface area contributed by atoms with Crippen molar-refractivity contribution in [2.75, 3.05) is 0 Å². The van der Waals surface area contributed by atoms with Crippen LogP contribution in [-0.2, 0) is 16.3 Å². The van der Waals surface area contributed by atoms with Crippen LogP contribution < -0.4 is 11.2 Å². The van der Waals surface area contributed by atoms with Crippen molar-refractivity contribution < 1.29 is 13.9 Å². The van der Waals surface area contributed by atoms with E-state index in [1.807, 2.05) is 4.98 Å². The molecule has 30 heavy (non-hydrogen) atoms. The lowest BCUT2D eigenvalue weighted by Crippen LogP contribution is -2.32. The molecule has 0 aliphatic heterocycles. The van der Waals surface area contributed by atoms with Gasteiger partial charge in [0.15, 0.2) is 6.73 Å². The van der Waals surface area contributed by atoms with Gasteiger partial charge in [-0.15, -0.1) is 0 Å². The molecule has 1 heterocycles.